The molecule has 0 aliphatic rings. The standard InChI is InChI=1S/C4H2NOS/c6-3-4-1-2-5-7-4/h1-2H. The summed E-state index contributed by atoms with van der Waals surface area (Å²) in [6.07, 6.45) is 3.29. The SMILES string of the molecule is O=[C]c1ccns1. The van der Waals surface area contributed by atoms with Crippen LogP contribution in [0.25, 0.3) is 0 Å². The number of nitrogens with zero attached hydrogens (tertiary/aromatic N) is 1. The van der Waals surface area contributed by atoms with E-state index in [0.717, 1.165) is 11.5 Å². The van der Waals surface area contributed by atoms with Gasteiger partial charge in [0.15, 0.2) is 0 Å². The number of aromatic nitrogens is 1. The number of hydrogen-bond acceptors (Lipinski definition) is 3. The summed E-state index contributed by atoms with van der Waals surface area (Å²) in [5.41, 5.74) is 0. The molecule has 0 amide bonds. The maximum absolute atomic E-state index is 9.71. The lowest BCUT2D eigenvalue weighted by Crippen LogP contribution is -1.63. The summed E-state index contributed by atoms with van der Waals surface area (Å²) in [6.45, 7) is 0. The van der Waals surface area contributed by atoms with Crippen molar-refractivity contribution in [1.82, 2.24) is 4.37 Å². The van der Waals surface area contributed by atoms with Crippen LogP contribution in [-0.2, 0) is 4.79 Å². The van der Waals surface area contributed by atoms with Crippen molar-refractivity contribution in [2.75, 3.05) is 0 Å². The predicted molar refractivity (Wildman–Crippen MR) is 26.9 cm³/mol. The van der Waals surface area contributed by atoms with Crippen molar-refractivity contribution in [2.24, 2.45) is 0 Å². The van der Waals surface area contributed by atoms with Gasteiger partial charge in [0.1, 0.15) is 0 Å². The highest BCUT2D eigenvalue weighted by Crippen LogP contribution is 1.97. The van der Waals surface area contributed by atoms with Gasteiger partial charge in [0, 0.05) is 6.20 Å². The highest BCUT2D eigenvalue weighted by molar-refractivity contribution is 7.07. The average Bonchev–Trinajstić information content (AvgIpc) is 2.14. The molecule has 0 fully saturated rings. The molecule has 1 aromatic heterocycles. The molecule has 0 spiro atoms. The predicted octanol–water partition coefficient (Wildman–Crippen LogP) is 0.601. The Labute approximate surface area is 45.0 Å². The molecule has 0 aliphatic carbocycles. The third-order valence-electron chi connectivity index (χ3n) is 0.538. The van der Waals surface area contributed by atoms with Crippen LogP contribution in [0.2, 0.25) is 0 Å². The van der Waals surface area contributed by atoms with E-state index >= 15 is 0 Å². The monoisotopic (exact) mass is 112 g/mol. The number of carbonyl (C=O) groups excluding carboxylic acids is 1. The van der Waals surface area contributed by atoms with E-state index in [2.05, 4.69) is 4.37 Å². The van der Waals surface area contributed by atoms with Gasteiger partial charge >= 0.3 is 0 Å². The zero-order chi connectivity index (χ0) is 5.11. The first-order valence-corrected chi connectivity index (χ1v) is 2.49. The van der Waals surface area contributed by atoms with Crippen LogP contribution in [0.1, 0.15) is 4.88 Å². The van der Waals surface area contributed by atoms with Gasteiger partial charge in [-0.05, 0) is 17.6 Å². The lowest BCUT2D eigenvalue weighted by molar-refractivity contribution is 0.563. The minimum Gasteiger partial charge on any atom is -0.284 e. The van der Waals surface area contributed by atoms with E-state index in [1.165, 1.54) is 0 Å². The van der Waals surface area contributed by atoms with Crippen molar-refractivity contribution in [3.63, 3.8) is 0 Å². The molecular weight excluding hydrogens is 110 g/mol. The Morgan fingerprint density at radius 3 is 3.00 bits per heavy atom. The molecule has 1 rings (SSSR count). The molecule has 35 valence electrons. The number of rotatable bonds is 1. The first-order valence-electron chi connectivity index (χ1n) is 1.72. The molecule has 1 aromatic rings. The Hall–Kier alpha value is -0.700. The van der Waals surface area contributed by atoms with Crippen molar-refractivity contribution < 1.29 is 4.79 Å². The highest BCUT2D eigenvalue weighted by Gasteiger charge is 1.86. The summed E-state index contributed by atoms with van der Waals surface area (Å²) in [4.78, 5) is 10.3. The summed E-state index contributed by atoms with van der Waals surface area (Å²) in [7, 11) is 0. The van der Waals surface area contributed by atoms with Gasteiger partial charge < -0.3 is 0 Å². The van der Waals surface area contributed by atoms with Crippen LogP contribution in [-0.4, -0.2) is 10.7 Å². The fraction of sp³-hybridized carbons (Fsp3) is 0. The van der Waals surface area contributed by atoms with Gasteiger partial charge in [0.25, 0.3) is 0 Å². The minimum absolute atomic E-state index is 0.556. The molecule has 0 N–H and O–H groups in total. The van der Waals surface area contributed by atoms with Gasteiger partial charge in [0.2, 0.25) is 6.29 Å². The normalized spacial score (nSPS) is 8.57. The van der Waals surface area contributed by atoms with Gasteiger partial charge in [0.05, 0.1) is 4.88 Å². The van der Waals surface area contributed by atoms with Crippen molar-refractivity contribution >= 4 is 17.8 Å². The van der Waals surface area contributed by atoms with Gasteiger partial charge in [-0.1, -0.05) is 0 Å². The van der Waals surface area contributed by atoms with E-state index in [4.69, 9.17) is 0 Å². The maximum Gasteiger partial charge on any atom is 0.245 e. The summed E-state index contributed by atoms with van der Waals surface area (Å²) in [5, 5.41) is 0. The van der Waals surface area contributed by atoms with Crippen molar-refractivity contribution in [2.45, 2.75) is 0 Å². The molecule has 0 aliphatic heterocycles. The van der Waals surface area contributed by atoms with E-state index in [0.29, 0.717) is 4.88 Å². The highest BCUT2D eigenvalue weighted by atomic mass is 32.1. The largest absolute Gasteiger partial charge is 0.284 e. The van der Waals surface area contributed by atoms with Crippen LogP contribution in [0.4, 0.5) is 0 Å². The second-order valence-corrected chi connectivity index (χ2v) is 1.81. The second-order valence-electron chi connectivity index (χ2n) is 0.979. The Morgan fingerprint density at radius 2 is 2.71 bits per heavy atom. The zero-order valence-corrected chi connectivity index (χ0v) is 4.23. The lowest BCUT2D eigenvalue weighted by Gasteiger charge is -1.61. The van der Waals surface area contributed by atoms with E-state index in [1.54, 1.807) is 18.5 Å². The van der Waals surface area contributed by atoms with Gasteiger partial charge in [-0.2, -0.15) is 0 Å². The first-order chi connectivity index (χ1) is 3.43. The van der Waals surface area contributed by atoms with Crippen molar-refractivity contribution in [1.29, 1.82) is 0 Å². The third kappa shape index (κ3) is 0.838. The van der Waals surface area contributed by atoms with Crippen molar-refractivity contribution in [3.8, 4) is 0 Å². The van der Waals surface area contributed by atoms with Crippen LogP contribution in [0.15, 0.2) is 12.3 Å². The molecule has 3 heteroatoms. The maximum atomic E-state index is 9.71. The molecule has 0 bridgehead atoms. The summed E-state index contributed by atoms with van der Waals surface area (Å²) < 4.78 is 3.67. The van der Waals surface area contributed by atoms with Crippen LogP contribution in [0, 0.1) is 0 Å². The zero-order valence-electron chi connectivity index (χ0n) is 3.42. The molecule has 0 saturated heterocycles. The van der Waals surface area contributed by atoms with Gasteiger partial charge in [-0.3, -0.25) is 4.79 Å². The Bertz CT molecular complexity index is 147. The number of hydrogen-bond donors (Lipinski definition) is 0. The average molecular weight is 112 g/mol. The Kier molecular flexibility index (Phi) is 1.17. The third-order valence-corrected chi connectivity index (χ3v) is 1.18. The van der Waals surface area contributed by atoms with E-state index in [-0.39, 0.29) is 0 Å². The van der Waals surface area contributed by atoms with Crippen molar-refractivity contribution in [3.05, 3.63) is 17.1 Å². The Balaban J connectivity index is 2.96. The minimum atomic E-state index is 0.556. The van der Waals surface area contributed by atoms with Crippen LogP contribution >= 0.6 is 11.5 Å². The topological polar surface area (TPSA) is 30.0 Å². The molecule has 0 aromatic carbocycles. The summed E-state index contributed by atoms with van der Waals surface area (Å²) in [6, 6.07) is 1.62. The summed E-state index contributed by atoms with van der Waals surface area (Å²) >= 11 is 1.15. The molecule has 2 nitrogen and oxygen atoms in total. The van der Waals surface area contributed by atoms with E-state index < -0.39 is 0 Å². The fourth-order valence-corrected chi connectivity index (χ4v) is 0.663. The lowest BCUT2D eigenvalue weighted by atomic mass is 10.5. The molecule has 1 radical (unpaired) electrons. The quantitative estimate of drug-likeness (QED) is 0.532. The second kappa shape index (κ2) is 1.84. The fourth-order valence-electron chi connectivity index (χ4n) is 0.268. The van der Waals surface area contributed by atoms with Gasteiger partial charge in [-0.15, -0.1) is 0 Å². The first kappa shape index (κ1) is 4.46. The van der Waals surface area contributed by atoms with Crippen LogP contribution in [0.3, 0.4) is 0 Å². The van der Waals surface area contributed by atoms with E-state index in [9.17, 15) is 4.79 Å². The van der Waals surface area contributed by atoms with E-state index in [1.807, 2.05) is 0 Å². The smallest absolute Gasteiger partial charge is 0.245 e. The summed E-state index contributed by atoms with van der Waals surface area (Å²) in [5.74, 6) is 0. The van der Waals surface area contributed by atoms with Gasteiger partial charge in [-0.25, -0.2) is 4.37 Å². The molecule has 0 atom stereocenters. The molecule has 0 saturated carbocycles. The van der Waals surface area contributed by atoms with Crippen LogP contribution in [0.5, 0.6) is 0 Å². The molecular formula is C4H2NOS. The van der Waals surface area contributed by atoms with Crippen LogP contribution < -0.4 is 0 Å². The molecule has 0 unspecified atom stereocenters. The molecule has 1 heterocycles. The molecule has 7 heavy (non-hydrogen) atoms. The Morgan fingerprint density at radius 1 is 1.86 bits per heavy atom.